The molecular formula is C30H30N2O6. The fourth-order valence-corrected chi connectivity index (χ4v) is 3.97. The molecule has 0 aliphatic heterocycles. The summed E-state index contributed by atoms with van der Waals surface area (Å²) in [5.74, 6) is 1.33. The van der Waals surface area contributed by atoms with Gasteiger partial charge in [-0.3, -0.25) is 9.59 Å². The number of hydrogen-bond acceptors (Lipinski definition) is 6. The summed E-state index contributed by atoms with van der Waals surface area (Å²) in [6.45, 7) is 2.53. The number of oxazole rings is 1. The van der Waals surface area contributed by atoms with Crippen molar-refractivity contribution in [3.05, 3.63) is 101 Å². The van der Waals surface area contributed by atoms with E-state index in [9.17, 15) is 9.59 Å². The van der Waals surface area contributed by atoms with Crippen LogP contribution in [0.3, 0.4) is 0 Å². The normalized spacial score (nSPS) is 10.7. The van der Waals surface area contributed by atoms with E-state index in [0.29, 0.717) is 42.3 Å². The molecule has 0 saturated carbocycles. The van der Waals surface area contributed by atoms with Crippen LogP contribution in [0.2, 0.25) is 0 Å². The Kier molecular flexibility index (Phi) is 8.77. The molecule has 0 aliphatic carbocycles. The molecule has 0 atom stereocenters. The molecule has 2 N–H and O–H groups in total. The van der Waals surface area contributed by atoms with Crippen molar-refractivity contribution in [2.45, 2.75) is 32.7 Å². The van der Waals surface area contributed by atoms with Gasteiger partial charge in [-0.25, -0.2) is 4.98 Å². The van der Waals surface area contributed by atoms with Gasteiger partial charge in [0.1, 0.15) is 17.3 Å². The molecular weight excluding hydrogens is 484 g/mol. The largest absolute Gasteiger partial charge is 0.497 e. The zero-order valence-corrected chi connectivity index (χ0v) is 21.4. The molecule has 0 saturated heterocycles. The SMILES string of the molecule is COc1ccc(CNC(=O)c2cc(OCCc3nc(-c4ccccc4)oc3C)ccc2CCC(=O)O)cc1. The molecule has 0 bridgehead atoms. The second kappa shape index (κ2) is 12.6. The number of carbonyl (C=O) groups excluding carboxylic acids is 1. The van der Waals surface area contributed by atoms with Crippen LogP contribution in [0.1, 0.15) is 39.4 Å². The van der Waals surface area contributed by atoms with E-state index in [-0.39, 0.29) is 18.7 Å². The van der Waals surface area contributed by atoms with Crippen molar-refractivity contribution in [3.63, 3.8) is 0 Å². The Balaban J connectivity index is 1.42. The minimum absolute atomic E-state index is 0.0753. The van der Waals surface area contributed by atoms with Gasteiger partial charge in [0.05, 0.1) is 19.4 Å². The first kappa shape index (κ1) is 26.5. The second-order valence-corrected chi connectivity index (χ2v) is 8.73. The molecule has 1 aromatic heterocycles. The highest BCUT2D eigenvalue weighted by Gasteiger charge is 2.15. The molecule has 0 aliphatic rings. The van der Waals surface area contributed by atoms with Gasteiger partial charge in [-0.2, -0.15) is 0 Å². The van der Waals surface area contributed by atoms with Crippen molar-refractivity contribution in [1.82, 2.24) is 10.3 Å². The Morgan fingerprint density at radius 2 is 1.71 bits per heavy atom. The van der Waals surface area contributed by atoms with Gasteiger partial charge in [-0.05, 0) is 60.9 Å². The molecule has 38 heavy (non-hydrogen) atoms. The van der Waals surface area contributed by atoms with E-state index in [1.54, 1.807) is 25.3 Å². The number of rotatable bonds is 12. The van der Waals surface area contributed by atoms with Crippen LogP contribution >= 0.6 is 0 Å². The number of amides is 1. The summed E-state index contributed by atoms with van der Waals surface area (Å²) in [5.41, 5.74) is 3.66. The number of carboxylic acids is 1. The number of methoxy groups -OCH3 is 1. The lowest BCUT2D eigenvalue weighted by Gasteiger charge is -2.13. The van der Waals surface area contributed by atoms with Crippen molar-refractivity contribution in [3.8, 4) is 23.0 Å². The maximum Gasteiger partial charge on any atom is 0.303 e. The Morgan fingerprint density at radius 3 is 2.42 bits per heavy atom. The predicted molar refractivity (Wildman–Crippen MR) is 142 cm³/mol. The maximum absolute atomic E-state index is 13.1. The van der Waals surface area contributed by atoms with E-state index in [1.807, 2.05) is 61.5 Å². The number of carbonyl (C=O) groups is 2. The van der Waals surface area contributed by atoms with Crippen molar-refractivity contribution in [1.29, 1.82) is 0 Å². The summed E-state index contributed by atoms with van der Waals surface area (Å²) >= 11 is 0. The highest BCUT2D eigenvalue weighted by molar-refractivity contribution is 5.96. The number of hydrogen-bond donors (Lipinski definition) is 2. The van der Waals surface area contributed by atoms with Crippen LogP contribution in [-0.2, 0) is 24.2 Å². The molecule has 4 aromatic rings. The molecule has 1 heterocycles. The molecule has 0 radical (unpaired) electrons. The smallest absolute Gasteiger partial charge is 0.303 e. The standard InChI is InChI=1S/C30H30N2O6/c1-20-27(32-30(38-20)23-6-4-3-5-7-23)16-17-37-25-14-10-22(11-15-28(33)34)26(18-25)29(35)31-19-21-8-12-24(36-2)13-9-21/h3-10,12-14,18H,11,15-17,19H2,1-2H3,(H,31,35)(H,33,34). The van der Waals surface area contributed by atoms with E-state index in [2.05, 4.69) is 10.3 Å². The van der Waals surface area contributed by atoms with Crippen LogP contribution in [0, 0.1) is 6.92 Å². The van der Waals surface area contributed by atoms with Crippen LogP contribution < -0.4 is 14.8 Å². The topological polar surface area (TPSA) is 111 Å². The van der Waals surface area contributed by atoms with E-state index >= 15 is 0 Å². The molecule has 8 nitrogen and oxygen atoms in total. The molecule has 1 amide bonds. The zero-order chi connectivity index (χ0) is 26.9. The first-order valence-corrected chi connectivity index (χ1v) is 12.3. The number of carboxylic acid groups (broad SMARTS) is 1. The summed E-state index contributed by atoms with van der Waals surface area (Å²) < 4.78 is 16.9. The minimum Gasteiger partial charge on any atom is -0.497 e. The fourth-order valence-electron chi connectivity index (χ4n) is 3.97. The summed E-state index contributed by atoms with van der Waals surface area (Å²) in [6, 6.07) is 22.2. The Bertz CT molecular complexity index is 1380. The first-order chi connectivity index (χ1) is 18.4. The van der Waals surface area contributed by atoms with E-state index in [0.717, 1.165) is 28.3 Å². The third kappa shape index (κ3) is 7.00. The van der Waals surface area contributed by atoms with Gasteiger partial charge in [0, 0.05) is 30.5 Å². The van der Waals surface area contributed by atoms with Crippen molar-refractivity contribution < 1.29 is 28.6 Å². The van der Waals surface area contributed by atoms with Gasteiger partial charge in [0.15, 0.2) is 0 Å². The lowest BCUT2D eigenvalue weighted by Crippen LogP contribution is -2.24. The number of ether oxygens (including phenoxy) is 2. The average Bonchev–Trinajstić information content (AvgIpc) is 3.31. The van der Waals surface area contributed by atoms with Gasteiger partial charge in [-0.1, -0.05) is 36.4 Å². The highest BCUT2D eigenvalue weighted by atomic mass is 16.5. The highest BCUT2D eigenvalue weighted by Crippen LogP contribution is 2.23. The average molecular weight is 515 g/mol. The molecule has 0 spiro atoms. The minimum atomic E-state index is -0.923. The molecule has 0 unspecified atom stereocenters. The third-order valence-electron chi connectivity index (χ3n) is 6.07. The third-order valence-corrected chi connectivity index (χ3v) is 6.07. The second-order valence-electron chi connectivity index (χ2n) is 8.73. The Morgan fingerprint density at radius 1 is 0.974 bits per heavy atom. The van der Waals surface area contributed by atoms with Crippen molar-refractivity contribution in [2.24, 2.45) is 0 Å². The van der Waals surface area contributed by atoms with Crippen LogP contribution in [0.15, 0.2) is 77.2 Å². The number of aryl methyl sites for hydroxylation is 2. The number of nitrogens with one attached hydrogen (secondary N) is 1. The number of nitrogens with zero attached hydrogens (tertiary/aromatic N) is 1. The molecule has 4 rings (SSSR count). The van der Waals surface area contributed by atoms with E-state index in [4.69, 9.17) is 19.0 Å². The number of aliphatic carboxylic acids is 1. The van der Waals surface area contributed by atoms with Gasteiger partial charge in [0.2, 0.25) is 5.89 Å². The number of aromatic nitrogens is 1. The lowest BCUT2D eigenvalue weighted by atomic mass is 10.0. The number of benzene rings is 3. The van der Waals surface area contributed by atoms with Crippen molar-refractivity contribution in [2.75, 3.05) is 13.7 Å². The van der Waals surface area contributed by atoms with Gasteiger partial charge < -0.3 is 24.3 Å². The molecule has 0 fully saturated rings. The van der Waals surface area contributed by atoms with E-state index < -0.39 is 5.97 Å². The van der Waals surface area contributed by atoms with Gasteiger partial charge >= 0.3 is 5.97 Å². The summed E-state index contributed by atoms with van der Waals surface area (Å²) in [5, 5.41) is 12.0. The Labute approximate surface area is 221 Å². The maximum atomic E-state index is 13.1. The molecule has 8 heteroatoms. The Hall–Kier alpha value is -4.59. The zero-order valence-electron chi connectivity index (χ0n) is 21.4. The summed E-state index contributed by atoms with van der Waals surface area (Å²) in [4.78, 5) is 28.8. The predicted octanol–water partition coefficient (Wildman–Crippen LogP) is 5.23. The van der Waals surface area contributed by atoms with Crippen LogP contribution in [0.25, 0.3) is 11.5 Å². The van der Waals surface area contributed by atoms with Crippen LogP contribution in [0.4, 0.5) is 0 Å². The van der Waals surface area contributed by atoms with Crippen molar-refractivity contribution >= 4 is 11.9 Å². The molecule has 196 valence electrons. The fraction of sp³-hybridized carbons (Fsp3) is 0.233. The quantitative estimate of drug-likeness (QED) is 0.266. The molecule has 3 aromatic carbocycles. The van der Waals surface area contributed by atoms with Crippen LogP contribution in [-0.4, -0.2) is 35.7 Å². The first-order valence-electron chi connectivity index (χ1n) is 12.3. The van der Waals surface area contributed by atoms with Gasteiger partial charge in [-0.15, -0.1) is 0 Å². The van der Waals surface area contributed by atoms with Gasteiger partial charge in [0.25, 0.3) is 5.91 Å². The van der Waals surface area contributed by atoms with E-state index in [1.165, 1.54) is 0 Å². The summed E-state index contributed by atoms with van der Waals surface area (Å²) in [7, 11) is 1.60. The summed E-state index contributed by atoms with van der Waals surface area (Å²) in [6.07, 6.45) is 0.692. The monoisotopic (exact) mass is 514 g/mol. The lowest BCUT2D eigenvalue weighted by molar-refractivity contribution is -0.136. The van der Waals surface area contributed by atoms with Crippen LogP contribution in [0.5, 0.6) is 11.5 Å².